The summed E-state index contributed by atoms with van der Waals surface area (Å²) in [6.07, 6.45) is 0.0385. The van der Waals surface area contributed by atoms with Gasteiger partial charge in [0.05, 0.1) is 18.5 Å². The third-order valence-corrected chi connectivity index (χ3v) is 7.01. The summed E-state index contributed by atoms with van der Waals surface area (Å²) in [6.45, 7) is 11.4. The van der Waals surface area contributed by atoms with Crippen LogP contribution in [0.2, 0.25) is 0 Å². The topological polar surface area (TPSA) is 74.2 Å². The molecule has 0 aromatic heterocycles. The van der Waals surface area contributed by atoms with Gasteiger partial charge in [-0.05, 0) is 19.4 Å². The van der Waals surface area contributed by atoms with Crippen molar-refractivity contribution in [3.63, 3.8) is 0 Å². The lowest BCUT2D eigenvalue weighted by molar-refractivity contribution is 0.0904. The molecule has 1 aliphatic heterocycles. The Kier molecular flexibility index (Phi) is 11.0. The number of rotatable bonds is 8. The average Bonchev–Trinajstić information content (AvgIpc) is 2.69. The molecule has 2 rings (SSSR count). The van der Waals surface area contributed by atoms with E-state index in [2.05, 4.69) is 53.3 Å². The van der Waals surface area contributed by atoms with Crippen LogP contribution in [0, 0.1) is 0 Å². The Balaban J connectivity index is 0.00000450. The predicted molar refractivity (Wildman–Crippen MR) is 134 cm³/mol. The molecule has 0 amide bonds. The number of sulfonamides is 1. The Morgan fingerprint density at radius 3 is 2.30 bits per heavy atom. The molecule has 0 unspecified atom stereocenters. The maximum absolute atomic E-state index is 12.5. The van der Waals surface area contributed by atoms with Gasteiger partial charge in [0.1, 0.15) is 0 Å². The average molecular weight is 553 g/mol. The molecule has 0 radical (unpaired) electrons. The lowest BCUT2D eigenvalue weighted by Crippen LogP contribution is -2.55. The fraction of sp³-hybridized carbons (Fsp3) is 0.667. The molecule has 1 aromatic carbocycles. The molecule has 0 aliphatic carbocycles. The summed E-state index contributed by atoms with van der Waals surface area (Å²) in [4.78, 5) is 6.53. The summed E-state index contributed by atoms with van der Waals surface area (Å²) in [5.41, 5.74) is 1.22. The number of ether oxygens (including phenoxy) is 1. The van der Waals surface area contributed by atoms with Crippen molar-refractivity contribution in [2.75, 3.05) is 52.1 Å². The van der Waals surface area contributed by atoms with E-state index in [1.165, 1.54) is 5.56 Å². The number of guanidine groups is 1. The molecular formula is C21H37IN4O3S. The summed E-state index contributed by atoms with van der Waals surface area (Å²) >= 11 is 0. The fourth-order valence-corrected chi connectivity index (χ4v) is 4.60. The number of halogens is 1. The highest BCUT2D eigenvalue weighted by atomic mass is 127. The van der Waals surface area contributed by atoms with Crippen molar-refractivity contribution < 1.29 is 13.2 Å². The van der Waals surface area contributed by atoms with Crippen LogP contribution in [0.5, 0.6) is 0 Å². The van der Waals surface area contributed by atoms with Gasteiger partial charge in [0.2, 0.25) is 10.0 Å². The summed E-state index contributed by atoms with van der Waals surface area (Å²) in [6, 6.07) is 10.4. The van der Waals surface area contributed by atoms with Crippen LogP contribution in [-0.2, 0) is 20.2 Å². The summed E-state index contributed by atoms with van der Waals surface area (Å²) in [7, 11) is -1.52. The number of benzene rings is 1. The minimum absolute atomic E-state index is 0. The minimum atomic E-state index is -3.29. The van der Waals surface area contributed by atoms with Gasteiger partial charge < -0.3 is 15.0 Å². The number of hydrogen-bond acceptors (Lipinski definition) is 4. The van der Waals surface area contributed by atoms with Crippen LogP contribution in [0.3, 0.4) is 0 Å². The van der Waals surface area contributed by atoms with Crippen LogP contribution < -0.4 is 5.32 Å². The lowest BCUT2D eigenvalue weighted by atomic mass is 9.85. The Labute approximate surface area is 199 Å². The minimum Gasteiger partial charge on any atom is -0.378 e. The van der Waals surface area contributed by atoms with E-state index in [4.69, 9.17) is 4.74 Å². The second-order valence-electron chi connectivity index (χ2n) is 8.27. The van der Waals surface area contributed by atoms with Crippen molar-refractivity contribution in [2.24, 2.45) is 4.99 Å². The largest absolute Gasteiger partial charge is 0.378 e. The fourth-order valence-electron chi connectivity index (χ4n) is 3.32. The summed E-state index contributed by atoms with van der Waals surface area (Å²) < 4.78 is 32.0. The molecule has 1 N–H and O–H groups in total. The van der Waals surface area contributed by atoms with Gasteiger partial charge in [-0.3, -0.25) is 4.99 Å². The molecule has 1 heterocycles. The van der Waals surface area contributed by atoms with Crippen LogP contribution in [0.4, 0.5) is 0 Å². The maximum Gasteiger partial charge on any atom is 0.216 e. The molecule has 9 heteroatoms. The molecule has 7 nitrogen and oxygen atoms in total. The molecule has 30 heavy (non-hydrogen) atoms. The molecule has 0 bridgehead atoms. The van der Waals surface area contributed by atoms with Crippen LogP contribution in [0.1, 0.15) is 33.3 Å². The molecule has 0 saturated carbocycles. The lowest BCUT2D eigenvalue weighted by Gasteiger charge is -2.37. The second kappa shape index (κ2) is 12.2. The number of aliphatic imine (C=N–C) groups is 1. The molecule has 0 atom stereocenters. The monoisotopic (exact) mass is 552 g/mol. The van der Waals surface area contributed by atoms with Gasteiger partial charge in [0.25, 0.3) is 0 Å². The molecule has 1 aliphatic rings. The van der Waals surface area contributed by atoms with Crippen molar-refractivity contribution in [1.82, 2.24) is 14.5 Å². The Bertz CT molecular complexity index is 762. The van der Waals surface area contributed by atoms with E-state index in [1.807, 2.05) is 19.9 Å². The first kappa shape index (κ1) is 27.1. The van der Waals surface area contributed by atoms with Crippen molar-refractivity contribution in [1.29, 1.82) is 0 Å². The summed E-state index contributed by atoms with van der Waals surface area (Å²) in [5.74, 6) is 0.845. The quantitative estimate of drug-likeness (QED) is 0.305. The van der Waals surface area contributed by atoms with Crippen molar-refractivity contribution in [3.8, 4) is 0 Å². The van der Waals surface area contributed by atoms with E-state index in [1.54, 1.807) is 11.4 Å². The van der Waals surface area contributed by atoms with Crippen LogP contribution in [0.25, 0.3) is 0 Å². The van der Waals surface area contributed by atoms with Gasteiger partial charge in [-0.15, -0.1) is 24.0 Å². The first-order chi connectivity index (χ1) is 13.7. The Hall–Kier alpha value is -0.910. The zero-order valence-electron chi connectivity index (χ0n) is 18.8. The molecule has 0 spiro atoms. The first-order valence-electron chi connectivity index (χ1n) is 10.3. The zero-order chi connectivity index (χ0) is 21.5. The SMILES string of the molecule is CN=C(NCC(C)(C)c1ccccc1)N1CCN(S(=O)(=O)CCOC(C)C)CC1.I. The normalized spacial score (nSPS) is 16.5. The van der Waals surface area contributed by atoms with Gasteiger partial charge in [-0.25, -0.2) is 8.42 Å². The highest BCUT2D eigenvalue weighted by Crippen LogP contribution is 2.21. The van der Waals surface area contributed by atoms with Gasteiger partial charge in [0.15, 0.2) is 5.96 Å². The smallest absolute Gasteiger partial charge is 0.216 e. The highest BCUT2D eigenvalue weighted by Gasteiger charge is 2.29. The van der Waals surface area contributed by atoms with E-state index in [0.717, 1.165) is 12.5 Å². The standard InChI is InChI=1S/C21H36N4O3S.HI/c1-18(2)28-15-16-29(26,27)25-13-11-24(12-14-25)20(22-5)23-17-21(3,4)19-9-7-6-8-10-19;/h6-10,18H,11-17H2,1-5H3,(H,22,23);1H. The zero-order valence-corrected chi connectivity index (χ0v) is 21.9. The Morgan fingerprint density at radius 2 is 1.77 bits per heavy atom. The van der Waals surface area contributed by atoms with E-state index < -0.39 is 10.0 Å². The van der Waals surface area contributed by atoms with Crippen molar-refractivity contribution in [3.05, 3.63) is 35.9 Å². The second-order valence-corrected chi connectivity index (χ2v) is 10.4. The highest BCUT2D eigenvalue weighted by molar-refractivity contribution is 14.0. The number of piperazine rings is 1. The molecule has 1 saturated heterocycles. The molecule has 1 aromatic rings. The first-order valence-corrected chi connectivity index (χ1v) is 11.9. The van der Waals surface area contributed by atoms with E-state index >= 15 is 0 Å². The van der Waals surface area contributed by atoms with Crippen LogP contribution >= 0.6 is 24.0 Å². The molecular weight excluding hydrogens is 515 g/mol. The van der Waals surface area contributed by atoms with E-state index in [0.29, 0.717) is 26.2 Å². The van der Waals surface area contributed by atoms with E-state index in [-0.39, 0.29) is 47.9 Å². The van der Waals surface area contributed by atoms with E-state index in [9.17, 15) is 8.42 Å². The third kappa shape index (κ3) is 7.97. The summed E-state index contributed by atoms with van der Waals surface area (Å²) in [5, 5.41) is 3.47. The third-order valence-electron chi connectivity index (χ3n) is 5.18. The maximum atomic E-state index is 12.5. The van der Waals surface area contributed by atoms with Gasteiger partial charge in [0, 0.05) is 45.2 Å². The van der Waals surface area contributed by atoms with Gasteiger partial charge in [-0.2, -0.15) is 4.31 Å². The molecule has 1 fully saturated rings. The number of hydrogen-bond donors (Lipinski definition) is 1. The predicted octanol–water partition coefficient (Wildman–Crippen LogP) is 2.53. The molecule has 172 valence electrons. The Morgan fingerprint density at radius 1 is 1.17 bits per heavy atom. The number of nitrogens with zero attached hydrogens (tertiary/aromatic N) is 3. The van der Waals surface area contributed by atoms with Gasteiger partial charge >= 0.3 is 0 Å². The van der Waals surface area contributed by atoms with Crippen LogP contribution in [0.15, 0.2) is 35.3 Å². The van der Waals surface area contributed by atoms with Crippen LogP contribution in [-0.4, -0.2) is 81.8 Å². The van der Waals surface area contributed by atoms with Gasteiger partial charge in [-0.1, -0.05) is 44.2 Å². The number of nitrogens with one attached hydrogen (secondary N) is 1. The van der Waals surface area contributed by atoms with Crippen molar-refractivity contribution >= 4 is 40.0 Å². The van der Waals surface area contributed by atoms with Crippen molar-refractivity contribution in [2.45, 2.75) is 39.2 Å².